The molecule has 0 N–H and O–H groups in total. The first kappa shape index (κ1) is 17.8. The van der Waals surface area contributed by atoms with Gasteiger partial charge in [-0.2, -0.15) is 0 Å². The Morgan fingerprint density at radius 2 is 1.38 bits per heavy atom. The smallest absolute Gasteiger partial charge is 0.327 e. The zero-order valence-corrected chi connectivity index (χ0v) is 15.7. The summed E-state index contributed by atoms with van der Waals surface area (Å²) >= 11 is 0. The maximum absolute atomic E-state index is 13.2. The van der Waals surface area contributed by atoms with E-state index in [9.17, 15) is 14.4 Å². The molecule has 4 fully saturated rings. The fraction of sp³-hybridized carbons (Fsp3) is 0.850. The van der Waals surface area contributed by atoms with Crippen LogP contribution in [0.4, 0.5) is 4.79 Å². The van der Waals surface area contributed by atoms with Crippen LogP contribution in [0.25, 0.3) is 0 Å². The average molecular weight is 361 g/mol. The van der Waals surface area contributed by atoms with Crippen LogP contribution in [0.2, 0.25) is 0 Å². The minimum atomic E-state index is -0.252. The number of carbonyl (C=O) groups is 3. The van der Waals surface area contributed by atoms with Crippen molar-refractivity contribution in [3.8, 4) is 0 Å². The summed E-state index contributed by atoms with van der Waals surface area (Å²) in [4.78, 5) is 43.1. The summed E-state index contributed by atoms with van der Waals surface area (Å²) < 4.78 is 0. The second kappa shape index (κ2) is 7.57. The lowest BCUT2D eigenvalue weighted by atomic mass is 9.88. The molecule has 0 aromatic heterocycles. The lowest BCUT2D eigenvalue weighted by Gasteiger charge is -2.42. The molecule has 26 heavy (non-hydrogen) atoms. The molecule has 0 unspecified atom stereocenters. The van der Waals surface area contributed by atoms with E-state index in [1.807, 2.05) is 0 Å². The van der Waals surface area contributed by atoms with E-state index in [2.05, 4.69) is 4.90 Å². The monoisotopic (exact) mass is 361 g/mol. The van der Waals surface area contributed by atoms with Gasteiger partial charge < -0.3 is 9.80 Å². The normalized spacial score (nSPS) is 25.8. The van der Waals surface area contributed by atoms with E-state index in [-0.39, 0.29) is 37.0 Å². The molecule has 0 radical (unpaired) electrons. The maximum Gasteiger partial charge on any atom is 0.327 e. The molecule has 1 saturated heterocycles. The second-order valence-electron chi connectivity index (χ2n) is 8.51. The summed E-state index contributed by atoms with van der Waals surface area (Å²) in [5.41, 5.74) is 0. The standard InChI is InChI=1S/C20H31N3O3/c24-18-13-21(15-11-12-15)20(26)22(18)14-19(25)23(16-7-3-1-4-8-16)17-9-5-2-6-10-17/h15-17H,1-14H2. The Balaban J connectivity index is 1.46. The lowest BCUT2D eigenvalue weighted by Crippen LogP contribution is -2.52. The van der Waals surface area contributed by atoms with Crippen LogP contribution in [0.1, 0.15) is 77.0 Å². The quantitative estimate of drug-likeness (QED) is 0.708. The Kier molecular flexibility index (Phi) is 5.18. The van der Waals surface area contributed by atoms with E-state index in [0.717, 1.165) is 38.5 Å². The van der Waals surface area contributed by atoms with Crippen molar-refractivity contribution >= 4 is 17.8 Å². The van der Waals surface area contributed by atoms with Crippen LogP contribution in [0.3, 0.4) is 0 Å². The Hall–Kier alpha value is -1.59. The number of carbonyl (C=O) groups excluding carboxylic acids is 3. The van der Waals surface area contributed by atoms with Gasteiger partial charge in [0.2, 0.25) is 5.91 Å². The molecule has 6 heteroatoms. The number of urea groups is 1. The highest BCUT2D eigenvalue weighted by Gasteiger charge is 2.45. The zero-order valence-electron chi connectivity index (χ0n) is 15.7. The molecular weight excluding hydrogens is 330 g/mol. The summed E-state index contributed by atoms with van der Waals surface area (Å²) in [6.07, 6.45) is 13.5. The number of amides is 4. The highest BCUT2D eigenvalue weighted by atomic mass is 16.2. The molecule has 1 aliphatic heterocycles. The summed E-state index contributed by atoms with van der Waals surface area (Å²) in [5, 5.41) is 0. The van der Waals surface area contributed by atoms with Gasteiger partial charge in [0.1, 0.15) is 13.1 Å². The predicted molar refractivity (Wildman–Crippen MR) is 97.4 cm³/mol. The minimum Gasteiger partial charge on any atom is -0.335 e. The van der Waals surface area contributed by atoms with Crippen LogP contribution < -0.4 is 0 Å². The van der Waals surface area contributed by atoms with Crippen molar-refractivity contribution < 1.29 is 14.4 Å². The van der Waals surface area contributed by atoms with Gasteiger partial charge in [-0.1, -0.05) is 38.5 Å². The number of rotatable bonds is 5. The van der Waals surface area contributed by atoms with Crippen molar-refractivity contribution in [2.24, 2.45) is 0 Å². The average Bonchev–Trinajstić information content (AvgIpc) is 3.46. The SMILES string of the molecule is O=C1CN(C2CC2)C(=O)N1CC(=O)N(C1CCCCC1)C1CCCCC1. The Labute approximate surface area is 155 Å². The van der Waals surface area contributed by atoms with Gasteiger partial charge in [-0.25, -0.2) is 4.79 Å². The molecule has 6 nitrogen and oxygen atoms in total. The summed E-state index contributed by atoms with van der Waals surface area (Å²) in [6.45, 7) is 0.0948. The van der Waals surface area contributed by atoms with Crippen molar-refractivity contribution in [2.45, 2.75) is 95.2 Å². The molecule has 0 bridgehead atoms. The summed E-state index contributed by atoms with van der Waals surface area (Å²) in [6, 6.07) is 0.566. The van der Waals surface area contributed by atoms with Crippen molar-refractivity contribution in [1.82, 2.24) is 14.7 Å². The Morgan fingerprint density at radius 1 is 0.846 bits per heavy atom. The zero-order chi connectivity index (χ0) is 18.1. The highest BCUT2D eigenvalue weighted by Crippen LogP contribution is 2.32. The van der Waals surface area contributed by atoms with Gasteiger partial charge in [0.25, 0.3) is 5.91 Å². The van der Waals surface area contributed by atoms with Crippen molar-refractivity contribution in [2.75, 3.05) is 13.1 Å². The first-order chi connectivity index (χ1) is 12.6. The summed E-state index contributed by atoms with van der Waals surface area (Å²) in [7, 11) is 0. The molecule has 3 aliphatic carbocycles. The van der Waals surface area contributed by atoms with Crippen LogP contribution in [-0.4, -0.2) is 63.8 Å². The molecule has 144 valence electrons. The molecule has 4 amide bonds. The molecule has 0 spiro atoms. The van der Waals surface area contributed by atoms with Gasteiger partial charge in [0.15, 0.2) is 0 Å². The topological polar surface area (TPSA) is 60.9 Å². The molecule has 4 rings (SSSR count). The highest BCUT2D eigenvalue weighted by molar-refractivity contribution is 6.04. The van der Waals surface area contributed by atoms with Gasteiger partial charge in [0.05, 0.1) is 0 Å². The summed E-state index contributed by atoms with van der Waals surface area (Å²) in [5.74, 6) is -0.217. The molecule has 0 atom stereocenters. The van der Waals surface area contributed by atoms with Crippen LogP contribution in [0, 0.1) is 0 Å². The van der Waals surface area contributed by atoms with Crippen LogP contribution >= 0.6 is 0 Å². The molecular formula is C20H31N3O3. The maximum atomic E-state index is 13.2. The lowest BCUT2D eigenvalue weighted by molar-refractivity contribution is -0.141. The predicted octanol–water partition coefficient (Wildman–Crippen LogP) is 2.91. The van der Waals surface area contributed by atoms with E-state index >= 15 is 0 Å². The largest absolute Gasteiger partial charge is 0.335 e. The van der Waals surface area contributed by atoms with Gasteiger partial charge in [-0.15, -0.1) is 0 Å². The van der Waals surface area contributed by atoms with E-state index in [1.54, 1.807) is 4.90 Å². The van der Waals surface area contributed by atoms with Crippen molar-refractivity contribution in [3.63, 3.8) is 0 Å². The van der Waals surface area contributed by atoms with E-state index in [0.29, 0.717) is 12.1 Å². The van der Waals surface area contributed by atoms with Gasteiger partial charge in [-0.3, -0.25) is 14.5 Å². The molecule has 0 aromatic carbocycles. The number of imide groups is 1. The third-order valence-corrected chi connectivity index (χ3v) is 6.59. The number of hydrogen-bond acceptors (Lipinski definition) is 3. The fourth-order valence-corrected chi connectivity index (χ4v) is 5.03. The number of hydrogen-bond donors (Lipinski definition) is 0. The third kappa shape index (κ3) is 3.60. The van der Waals surface area contributed by atoms with Gasteiger partial charge in [-0.05, 0) is 38.5 Å². The van der Waals surface area contributed by atoms with Crippen molar-refractivity contribution in [3.05, 3.63) is 0 Å². The fourth-order valence-electron chi connectivity index (χ4n) is 5.03. The second-order valence-corrected chi connectivity index (χ2v) is 8.51. The van der Waals surface area contributed by atoms with Crippen LogP contribution in [0.15, 0.2) is 0 Å². The first-order valence-corrected chi connectivity index (χ1v) is 10.6. The molecule has 4 aliphatic rings. The van der Waals surface area contributed by atoms with E-state index in [1.165, 1.54) is 43.4 Å². The van der Waals surface area contributed by atoms with Gasteiger partial charge in [0, 0.05) is 18.1 Å². The Bertz CT molecular complexity index is 545. The molecule has 0 aromatic rings. The van der Waals surface area contributed by atoms with Crippen LogP contribution in [0.5, 0.6) is 0 Å². The first-order valence-electron chi connectivity index (χ1n) is 10.6. The third-order valence-electron chi connectivity index (χ3n) is 6.59. The molecule has 1 heterocycles. The van der Waals surface area contributed by atoms with E-state index < -0.39 is 0 Å². The van der Waals surface area contributed by atoms with Crippen LogP contribution in [-0.2, 0) is 9.59 Å². The van der Waals surface area contributed by atoms with E-state index in [4.69, 9.17) is 0 Å². The van der Waals surface area contributed by atoms with Crippen molar-refractivity contribution in [1.29, 1.82) is 0 Å². The number of nitrogens with zero attached hydrogens (tertiary/aromatic N) is 3. The minimum absolute atomic E-state index is 0.0110. The Morgan fingerprint density at radius 3 is 1.88 bits per heavy atom. The molecule has 3 saturated carbocycles. The van der Waals surface area contributed by atoms with Gasteiger partial charge >= 0.3 is 6.03 Å².